The van der Waals surface area contributed by atoms with Gasteiger partial charge in [0.2, 0.25) is 5.95 Å². The van der Waals surface area contributed by atoms with E-state index in [9.17, 15) is 13.2 Å². The molecule has 0 aliphatic carbocycles. The molecule has 1 aromatic heterocycles. The molecule has 0 aliphatic heterocycles. The highest BCUT2D eigenvalue weighted by Gasteiger charge is 2.34. The van der Waals surface area contributed by atoms with Crippen molar-refractivity contribution < 1.29 is 13.2 Å². The lowest BCUT2D eigenvalue weighted by Gasteiger charge is -2.16. The molecule has 4 nitrogen and oxygen atoms in total. The maximum absolute atomic E-state index is 13.0. The van der Waals surface area contributed by atoms with Crippen molar-refractivity contribution in [3.05, 3.63) is 41.1 Å². The van der Waals surface area contributed by atoms with Crippen LogP contribution in [0.5, 0.6) is 0 Å². The van der Waals surface area contributed by atoms with E-state index in [1.54, 1.807) is 0 Å². The van der Waals surface area contributed by atoms with Gasteiger partial charge < -0.3 is 10.6 Å². The molecule has 124 valence electrons. The first-order chi connectivity index (χ1) is 10.7. The smallest absolute Gasteiger partial charge is 0.352 e. The largest absolute Gasteiger partial charge is 0.433 e. The number of nitrogens with zero attached hydrogens (tertiary/aromatic N) is 2. The number of hydrogen-bond acceptors (Lipinski definition) is 4. The van der Waals surface area contributed by atoms with E-state index in [2.05, 4.69) is 20.6 Å². The zero-order chi connectivity index (χ0) is 17.2. The number of nitrogens with one attached hydrogen (secondary N) is 2. The SMILES string of the molecule is Cc1cccc(C)c1Nc1cc(C(F)(F)F)nc(NC(C)C)n1. The molecule has 1 heterocycles. The van der Waals surface area contributed by atoms with Crippen LogP contribution in [0.1, 0.15) is 30.7 Å². The highest BCUT2D eigenvalue weighted by atomic mass is 19.4. The first kappa shape index (κ1) is 17.1. The standard InChI is InChI=1S/C16H19F3N4/c1-9(2)20-15-21-12(16(17,18)19)8-13(23-15)22-14-10(3)6-5-7-11(14)4/h5-9H,1-4H3,(H2,20,21,22,23). The second kappa shape index (κ2) is 6.44. The van der Waals surface area contributed by atoms with Gasteiger partial charge >= 0.3 is 6.18 Å². The number of anilines is 3. The Labute approximate surface area is 133 Å². The average Bonchev–Trinajstić information content (AvgIpc) is 2.41. The molecule has 0 bridgehead atoms. The molecular formula is C16H19F3N4. The Kier molecular flexibility index (Phi) is 4.77. The number of alkyl halides is 3. The molecule has 0 atom stereocenters. The van der Waals surface area contributed by atoms with Crippen molar-refractivity contribution in [1.29, 1.82) is 0 Å². The monoisotopic (exact) mass is 324 g/mol. The predicted molar refractivity (Wildman–Crippen MR) is 85.0 cm³/mol. The minimum Gasteiger partial charge on any atom is -0.352 e. The summed E-state index contributed by atoms with van der Waals surface area (Å²) in [4.78, 5) is 7.68. The third-order valence-corrected chi connectivity index (χ3v) is 3.17. The average molecular weight is 324 g/mol. The van der Waals surface area contributed by atoms with Crippen LogP contribution in [0.2, 0.25) is 0 Å². The summed E-state index contributed by atoms with van der Waals surface area (Å²) in [5.74, 6) is 0.0523. The highest BCUT2D eigenvalue weighted by Crippen LogP contribution is 2.31. The van der Waals surface area contributed by atoms with E-state index in [1.807, 2.05) is 45.9 Å². The number of rotatable bonds is 4. The van der Waals surface area contributed by atoms with Crippen LogP contribution in [-0.2, 0) is 6.18 Å². The number of aromatic nitrogens is 2. The lowest BCUT2D eigenvalue weighted by molar-refractivity contribution is -0.141. The lowest BCUT2D eigenvalue weighted by Crippen LogP contribution is -2.17. The molecule has 0 fully saturated rings. The molecule has 0 radical (unpaired) electrons. The van der Waals surface area contributed by atoms with Crippen LogP contribution in [0.3, 0.4) is 0 Å². The maximum Gasteiger partial charge on any atom is 0.433 e. The number of benzene rings is 1. The quantitative estimate of drug-likeness (QED) is 0.857. The highest BCUT2D eigenvalue weighted by molar-refractivity contribution is 5.65. The number of para-hydroxylation sites is 1. The minimum absolute atomic E-state index is 0.0523. The van der Waals surface area contributed by atoms with Crippen molar-refractivity contribution in [2.75, 3.05) is 10.6 Å². The van der Waals surface area contributed by atoms with Crippen LogP contribution >= 0.6 is 0 Å². The first-order valence-electron chi connectivity index (χ1n) is 7.23. The van der Waals surface area contributed by atoms with E-state index in [1.165, 1.54) is 0 Å². The topological polar surface area (TPSA) is 49.8 Å². The summed E-state index contributed by atoms with van der Waals surface area (Å²) in [6, 6.07) is 6.50. The number of aryl methyl sites for hydroxylation is 2. The summed E-state index contributed by atoms with van der Waals surface area (Å²) in [5, 5.41) is 5.79. The van der Waals surface area contributed by atoms with Crippen molar-refractivity contribution in [2.45, 2.75) is 39.9 Å². The summed E-state index contributed by atoms with van der Waals surface area (Å²) in [6.45, 7) is 7.38. The van der Waals surface area contributed by atoms with Gasteiger partial charge in [-0.15, -0.1) is 0 Å². The fourth-order valence-electron chi connectivity index (χ4n) is 2.12. The van der Waals surface area contributed by atoms with Gasteiger partial charge in [0.15, 0.2) is 5.69 Å². The van der Waals surface area contributed by atoms with E-state index in [4.69, 9.17) is 0 Å². The Balaban J connectivity index is 2.45. The van der Waals surface area contributed by atoms with E-state index < -0.39 is 11.9 Å². The van der Waals surface area contributed by atoms with E-state index in [0.717, 1.165) is 22.9 Å². The number of halogens is 3. The Morgan fingerprint density at radius 3 is 2.17 bits per heavy atom. The zero-order valence-corrected chi connectivity index (χ0v) is 13.4. The van der Waals surface area contributed by atoms with Crippen LogP contribution in [0.25, 0.3) is 0 Å². The normalized spacial score (nSPS) is 11.7. The van der Waals surface area contributed by atoms with Gasteiger partial charge in [-0.3, -0.25) is 0 Å². The molecule has 1 aromatic carbocycles. The molecule has 0 aliphatic rings. The Morgan fingerprint density at radius 2 is 1.65 bits per heavy atom. The summed E-state index contributed by atoms with van der Waals surface area (Å²) in [6.07, 6.45) is -4.53. The predicted octanol–water partition coefficient (Wildman–Crippen LogP) is 4.68. The van der Waals surface area contributed by atoms with Crippen molar-refractivity contribution >= 4 is 17.5 Å². The third kappa shape index (κ3) is 4.34. The second-order valence-electron chi connectivity index (χ2n) is 5.65. The first-order valence-corrected chi connectivity index (χ1v) is 7.23. The summed E-state index contributed by atoms with van der Waals surface area (Å²) in [5.41, 5.74) is 1.62. The summed E-state index contributed by atoms with van der Waals surface area (Å²) in [7, 11) is 0. The molecule has 2 N–H and O–H groups in total. The molecule has 0 saturated carbocycles. The molecule has 0 saturated heterocycles. The molecule has 0 unspecified atom stereocenters. The summed E-state index contributed by atoms with van der Waals surface area (Å²) >= 11 is 0. The van der Waals surface area contributed by atoms with Crippen LogP contribution in [0.15, 0.2) is 24.3 Å². The van der Waals surface area contributed by atoms with Gasteiger partial charge in [0.25, 0.3) is 0 Å². The lowest BCUT2D eigenvalue weighted by atomic mass is 10.1. The van der Waals surface area contributed by atoms with Crippen LogP contribution in [0, 0.1) is 13.8 Å². The van der Waals surface area contributed by atoms with Crippen molar-refractivity contribution in [2.24, 2.45) is 0 Å². The van der Waals surface area contributed by atoms with Gasteiger partial charge in [0, 0.05) is 17.8 Å². The molecule has 2 aromatic rings. The molecule has 7 heteroatoms. The van der Waals surface area contributed by atoms with Crippen LogP contribution in [-0.4, -0.2) is 16.0 Å². The van der Waals surface area contributed by atoms with Gasteiger partial charge in [-0.1, -0.05) is 18.2 Å². The van der Waals surface area contributed by atoms with Gasteiger partial charge in [-0.2, -0.15) is 18.2 Å². The fraction of sp³-hybridized carbons (Fsp3) is 0.375. The van der Waals surface area contributed by atoms with E-state index >= 15 is 0 Å². The van der Waals surface area contributed by atoms with E-state index in [-0.39, 0.29) is 17.8 Å². The number of hydrogen-bond donors (Lipinski definition) is 2. The van der Waals surface area contributed by atoms with Gasteiger partial charge in [0.05, 0.1) is 0 Å². The van der Waals surface area contributed by atoms with E-state index in [0.29, 0.717) is 0 Å². The van der Waals surface area contributed by atoms with Crippen molar-refractivity contribution in [3.63, 3.8) is 0 Å². The molecule has 2 rings (SSSR count). The maximum atomic E-state index is 13.0. The Hall–Kier alpha value is -2.31. The van der Waals surface area contributed by atoms with Gasteiger partial charge in [-0.05, 0) is 38.8 Å². The van der Waals surface area contributed by atoms with Crippen molar-refractivity contribution in [1.82, 2.24) is 9.97 Å². The summed E-state index contributed by atoms with van der Waals surface area (Å²) < 4.78 is 39.1. The molecular weight excluding hydrogens is 305 g/mol. The fourth-order valence-corrected chi connectivity index (χ4v) is 2.12. The van der Waals surface area contributed by atoms with Crippen LogP contribution in [0.4, 0.5) is 30.6 Å². The third-order valence-electron chi connectivity index (χ3n) is 3.17. The molecule has 0 spiro atoms. The second-order valence-corrected chi connectivity index (χ2v) is 5.65. The van der Waals surface area contributed by atoms with Gasteiger partial charge in [-0.25, -0.2) is 4.98 Å². The molecule has 0 amide bonds. The Morgan fingerprint density at radius 1 is 1.04 bits per heavy atom. The Bertz CT molecular complexity index is 676. The zero-order valence-electron chi connectivity index (χ0n) is 13.4. The molecule has 23 heavy (non-hydrogen) atoms. The minimum atomic E-state index is -4.53. The van der Waals surface area contributed by atoms with Crippen molar-refractivity contribution in [3.8, 4) is 0 Å². The van der Waals surface area contributed by atoms with Gasteiger partial charge in [0.1, 0.15) is 5.82 Å². The van der Waals surface area contributed by atoms with Crippen LogP contribution < -0.4 is 10.6 Å².